The van der Waals surface area contributed by atoms with Gasteiger partial charge < -0.3 is 11.1 Å². The van der Waals surface area contributed by atoms with Gasteiger partial charge in [0.05, 0.1) is 6.04 Å². The second-order valence-corrected chi connectivity index (χ2v) is 6.07. The van der Waals surface area contributed by atoms with Crippen LogP contribution in [0.15, 0.2) is 23.4 Å². The van der Waals surface area contributed by atoms with Gasteiger partial charge in [0.2, 0.25) is 5.91 Å². The van der Waals surface area contributed by atoms with Gasteiger partial charge in [0, 0.05) is 5.03 Å². The summed E-state index contributed by atoms with van der Waals surface area (Å²) < 4.78 is 0. The Morgan fingerprint density at radius 3 is 2.50 bits per heavy atom. The predicted octanol–water partition coefficient (Wildman–Crippen LogP) is 3.30. The highest BCUT2D eigenvalue weighted by atomic mass is 35.5. The third kappa shape index (κ3) is 8.31. The van der Waals surface area contributed by atoms with E-state index in [1.54, 1.807) is 6.20 Å². The molecule has 0 aliphatic heterocycles. The number of nitrogens with two attached hydrogens (primary N) is 1. The average Bonchev–Trinajstić information content (AvgIpc) is 2.24. The molecule has 1 atom stereocenters. The largest absolute Gasteiger partial charge is 0.332 e. The second kappa shape index (κ2) is 8.33. The van der Waals surface area contributed by atoms with Crippen molar-refractivity contribution in [3.8, 4) is 0 Å². The van der Waals surface area contributed by atoms with Gasteiger partial charge in [-0.1, -0.05) is 44.5 Å². The molecule has 0 saturated carbocycles. The number of unbranched alkanes of at least 4 members (excludes halogenated alkanes) is 2. The molecule has 18 heavy (non-hydrogen) atoms. The van der Waals surface area contributed by atoms with E-state index in [4.69, 9.17) is 17.3 Å². The van der Waals surface area contributed by atoms with E-state index in [2.05, 4.69) is 5.32 Å². The van der Waals surface area contributed by atoms with Crippen LogP contribution >= 0.6 is 11.6 Å². The fourth-order valence-corrected chi connectivity index (χ4v) is 1.35. The number of hydrogen-bond donors (Lipinski definition) is 2. The molecule has 3 nitrogen and oxygen atoms in total. The zero-order valence-electron chi connectivity index (χ0n) is 11.8. The molecule has 0 radical (unpaired) electrons. The minimum atomic E-state index is -0.496. The molecule has 0 saturated heterocycles. The first-order valence-corrected chi connectivity index (χ1v) is 6.66. The van der Waals surface area contributed by atoms with Gasteiger partial charge in [0.15, 0.2) is 0 Å². The van der Waals surface area contributed by atoms with Gasteiger partial charge in [0.25, 0.3) is 0 Å². The first kappa shape index (κ1) is 17.2. The van der Waals surface area contributed by atoms with Crippen molar-refractivity contribution in [2.75, 3.05) is 0 Å². The van der Waals surface area contributed by atoms with Crippen molar-refractivity contribution in [3.05, 3.63) is 23.4 Å². The van der Waals surface area contributed by atoms with E-state index in [9.17, 15) is 4.79 Å². The molecule has 104 valence electrons. The van der Waals surface area contributed by atoms with Crippen molar-refractivity contribution in [3.63, 3.8) is 0 Å². The normalized spacial score (nSPS) is 14.9. The van der Waals surface area contributed by atoms with Crippen LogP contribution in [0.4, 0.5) is 0 Å². The van der Waals surface area contributed by atoms with Crippen LogP contribution in [-0.4, -0.2) is 11.9 Å². The zero-order valence-corrected chi connectivity index (χ0v) is 12.6. The number of amides is 1. The fraction of sp³-hybridized carbons (Fsp3) is 0.643. The summed E-state index contributed by atoms with van der Waals surface area (Å²) in [6.45, 7) is 7.71. The summed E-state index contributed by atoms with van der Waals surface area (Å²) in [5.74, 6) is -0.143. The Labute approximate surface area is 115 Å². The summed E-state index contributed by atoms with van der Waals surface area (Å²) in [6.07, 6.45) is 8.47. The molecular weight excluding hydrogens is 248 g/mol. The average molecular weight is 273 g/mol. The number of hydrogen-bond acceptors (Lipinski definition) is 2. The lowest BCUT2D eigenvalue weighted by atomic mass is 9.87. The molecule has 0 bridgehead atoms. The number of halogens is 1. The monoisotopic (exact) mass is 272 g/mol. The van der Waals surface area contributed by atoms with Crippen LogP contribution in [0.1, 0.15) is 47.0 Å². The van der Waals surface area contributed by atoms with Crippen LogP contribution in [-0.2, 0) is 4.79 Å². The number of nitrogens with one attached hydrogen (secondary N) is 1. The molecule has 0 unspecified atom stereocenters. The van der Waals surface area contributed by atoms with Crippen molar-refractivity contribution in [2.45, 2.75) is 53.0 Å². The SMILES string of the molecule is C/C(Cl)=C\CCC/C=C\NC(=O)[C@@H](N)C(C)(C)C. The maximum atomic E-state index is 11.7. The number of carbonyl (C=O) groups excluding carboxylic acids is 1. The fourth-order valence-electron chi connectivity index (χ4n) is 1.24. The maximum absolute atomic E-state index is 11.7. The second-order valence-electron chi connectivity index (χ2n) is 5.48. The molecule has 0 heterocycles. The third-order valence-electron chi connectivity index (χ3n) is 2.56. The van der Waals surface area contributed by atoms with Crippen LogP contribution in [0.2, 0.25) is 0 Å². The smallest absolute Gasteiger partial charge is 0.241 e. The van der Waals surface area contributed by atoms with Gasteiger partial charge in [-0.3, -0.25) is 4.79 Å². The summed E-state index contributed by atoms with van der Waals surface area (Å²) in [7, 11) is 0. The molecule has 0 aromatic carbocycles. The number of allylic oxidation sites excluding steroid dienone is 3. The molecule has 0 aromatic heterocycles. The van der Waals surface area contributed by atoms with E-state index >= 15 is 0 Å². The standard InChI is InChI=1S/C14H25ClN2O/c1-11(15)9-7-5-6-8-10-17-13(18)12(16)14(2,3)4/h8-10,12H,5-7,16H2,1-4H3,(H,17,18)/b10-8-,11-9+/t12-/m1/s1. The molecule has 0 aliphatic carbocycles. The molecule has 0 spiro atoms. The summed E-state index contributed by atoms with van der Waals surface area (Å²) >= 11 is 5.71. The lowest BCUT2D eigenvalue weighted by molar-refractivity contribution is -0.123. The Morgan fingerprint density at radius 1 is 1.39 bits per heavy atom. The Morgan fingerprint density at radius 2 is 2.00 bits per heavy atom. The minimum Gasteiger partial charge on any atom is -0.332 e. The number of rotatable bonds is 6. The van der Waals surface area contributed by atoms with Crippen LogP contribution in [0.3, 0.4) is 0 Å². The highest BCUT2D eigenvalue weighted by Gasteiger charge is 2.26. The van der Waals surface area contributed by atoms with E-state index in [-0.39, 0.29) is 11.3 Å². The molecular formula is C14H25ClN2O. The van der Waals surface area contributed by atoms with Gasteiger partial charge in [-0.05, 0) is 37.8 Å². The van der Waals surface area contributed by atoms with Crippen molar-refractivity contribution in [2.24, 2.45) is 11.1 Å². The minimum absolute atomic E-state index is 0.143. The van der Waals surface area contributed by atoms with Crippen LogP contribution in [0, 0.1) is 5.41 Å². The van der Waals surface area contributed by atoms with E-state index < -0.39 is 6.04 Å². The van der Waals surface area contributed by atoms with Crippen molar-refractivity contribution < 1.29 is 4.79 Å². The molecule has 3 N–H and O–H groups in total. The summed E-state index contributed by atoms with van der Waals surface area (Å²) in [5.41, 5.74) is 5.60. The van der Waals surface area contributed by atoms with E-state index in [1.807, 2.05) is 39.8 Å². The molecule has 0 rings (SSSR count). The summed E-state index contributed by atoms with van der Waals surface area (Å²) in [5, 5.41) is 3.53. The predicted molar refractivity (Wildman–Crippen MR) is 78.2 cm³/mol. The van der Waals surface area contributed by atoms with Gasteiger partial charge in [-0.15, -0.1) is 0 Å². The van der Waals surface area contributed by atoms with Gasteiger partial charge in [-0.25, -0.2) is 0 Å². The highest BCUT2D eigenvalue weighted by Crippen LogP contribution is 2.17. The Hall–Kier alpha value is -0.800. The molecule has 0 aromatic rings. The van der Waals surface area contributed by atoms with Crippen LogP contribution in [0.5, 0.6) is 0 Å². The van der Waals surface area contributed by atoms with Gasteiger partial charge >= 0.3 is 0 Å². The Kier molecular flexibility index (Phi) is 7.96. The quantitative estimate of drug-likeness (QED) is 0.729. The van der Waals surface area contributed by atoms with Gasteiger partial charge in [0.1, 0.15) is 0 Å². The third-order valence-corrected chi connectivity index (χ3v) is 2.71. The first-order valence-electron chi connectivity index (χ1n) is 6.28. The lowest BCUT2D eigenvalue weighted by Crippen LogP contribution is -2.47. The van der Waals surface area contributed by atoms with Gasteiger partial charge in [-0.2, -0.15) is 0 Å². The van der Waals surface area contributed by atoms with Crippen molar-refractivity contribution in [1.29, 1.82) is 0 Å². The van der Waals surface area contributed by atoms with Crippen molar-refractivity contribution >= 4 is 17.5 Å². The first-order chi connectivity index (χ1) is 8.25. The topological polar surface area (TPSA) is 55.1 Å². The van der Waals surface area contributed by atoms with E-state index in [1.165, 1.54) is 0 Å². The summed E-state index contributed by atoms with van der Waals surface area (Å²) in [4.78, 5) is 11.7. The maximum Gasteiger partial charge on any atom is 0.241 e. The van der Waals surface area contributed by atoms with E-state index in [0.717, 1.165) is 24.3 Å². The number of carbonyl (C=O) groups is 1. The Balaban J connectivity index is 3.83. The van der Waals surface area contributed by atoms with Crippen LogP contribution < -0.4 is 11.1 Å². The Bertz CT molecular complexity index is 312. The van der Waals surface area contributed by atoms with E-state index in [0.29, 0.717) is 0 Å². The summed E-state index contributed by atoms with van der Waals surface area (Å²) in [6, 6.07) is -0.496. The lowest BCUT2D eigenvalue weighted by Gasteiger charge is -2.25. The molecule has 0 fully saturated rings. The van der Waals surface area contributed by atoms with Crippen molar-refractivity contribution in [1.82, 2.24) is 5.32 Å². The molecule has 4 heteroatoms. The molecule has 1 amide bonds. The molecule has 0 aliphatic rings. The highest BCUT2D eigenvalue weighted by molar-refractivity contribution is 6.29. The van der Waals surface area contributed by atoms with Crippen LogP contribution in [0.25, 0.3) is 0 Å². The zero-order chi connectivity index (χ0) is 14.2.